The number of aryl methyl sites for hydroxylation is 1. The van der Waals surface area contributed by atoms with Gasteiger partial charge in [0, 0.05) is 17.4 Å². The Kier molecular flexibility index (Phi) is 4.91. The van der Waals surface area contributed by atoms with Crippen LogP contribution in [-0.2, 0) is 6.42 Å². The molecule has 0 bridgehead atoms. The third-order valence-electron chi connectivity index (χ3n) is 5.39. The quantitative estimate of drug-likeness (QED) is 0.388. The Hall–Kier alpha value is -4.39. The van der Waals surface area contributed by atoms with Gasteiger partial charge in [-0.05, 0) is 42.3 Å². The van der Waals surface area contributed by atoms with E-state index in [0.717, 1.165) is 17.7 Å². The lowest BCUT2D eigenvalue weighted by atomic mass is 10.0. The minimum absolute atomic E-state index is 0.279. The van der Waals surface area contributed by atoms with E-state index in [0.29, 0.717) is 28.0 Å². The Bertz CT molecular complexity index is 1460. The number of benzene rings is 3. The second-order valence-corrected chi connectivity index (χ2v) is 7.52. The fourth-order valence-corrected chi connectivity index (χ4v) is 3.67. The summed E-state index contributed by atoms with van der Waals surface area (Å²) in [5.41, 5.74) is 5.62. The molecule has 0 fully saturated rings. The van der Waals surface area contributed by atoms with Crippen LogP contribution in [0.15, 0.2) is 83.8 Å². The summed E-state index contributed by atoms with van der Waals surface area (Å²) in [7, 11) is 0. The van der Waals surface area contributed by atoms with Crippen LogP contribution in [-0.4, -0.2) is 25.7 Å². The zero-order valence-corrected chi connectivity index (χ0v) is 17.4. The first-order valence-corrected chi connectivity index (χ1v) is 10.4. The standard InChI is InChI=1S/C25H21N5O2/c1-2-16-8-10-17(11-9-16)23-20(15-30(29-23)19-6-4-3-5-7-19)24(31)26-18-12-13-21-22(14-18)28-25(32)27-21/h3-15H,2H2,1H3,(H,26,31)(H2,27,28,32). The average Bonchev–Trinajstić information content (AvgIpc) is 3.43. The highest BCUT2D eigenvalue weighted by Crippen LogP contribution is 2.26. The number of hydrogen-bond donors (Lipinski definition) is 3. The van der Waals surface area contributed by atoms with E-state index in [1.807, 2.05) is 42.5 Å². The summed E-state index contributed by atoms with van der Waals surface area (Å²) >= 11 is 0. The zero-order chi connectivity index (χ0) is 22.1. The Morgan fingerprint density at radius 1 is 0.969 bits per heavy atom. The molecule has 0 atom stereocenters. The van der Waals surface area contributed by atoms with Crippen molar-refractivity contribution in [3.05, 3.63) is 101 Å². The van der Waals surface area contributed by atoms with Gasteiger partial charge in [0.15, 0.2) is 0 Å². The maximum absolute atomic E-state index is 13.3. The van der Waals surface area contributed by atoms with Crippen molar-refractivity contribution in [2.45, 2.75) is 13.3 Å². The van der Waals surface area contributed by atoms with Gasteiger partial charge in [-0.25, -0.2) is 9.48 Å². The first-order valence-electron chi connectivity index (χ1n) is 10.4. The van der Waals surface area contributed by atoms with E-state index in [9.17, 15) is 9.59 Å². The number of rotatable bonds is 5. The maximum atomic E-state index is 13.3. The van der Waals surface area contributed by atoms with Gasteiger partial charge in [-0.2, -0.15) is 5.10 Å². The van der Waals surface area contributed by atoms with E-state index in [2.05, 4.69) is 34.3 Å². The van der Waals surface area contributed by atoms with Crippen LogP contribution in [0.25, 0.3) is 28.0 Å². The summed E-state index contributed by atoms with van der Waals surface area (Å²) in [6.45, 7) is 2.10. The minimum Gasteiger partial charge on any atom is -0.322 e. The van der Waals surface area contributed by atoms with Gasteiger partial charge in [-0.15, -0.1) is 0 Å². The monoisotopic (exact) mass is 423 g/mol. The largest absolute Gasteiger partial charge is 0.323 e. The minimum atomic E-state index is -0.287. The molecule has 0 saturated heterocycles. The molecule has 0 unspecified atom stereocenters. The Labute approximate surface area is 183 Å². The van der Waals surface area contributed by atoms with Gasteiger partial charge in [-0.3, -0.25) is 4.79 Å². The number of anilines is 1. The maximum Gasteiger partial charge on any atom is 0.323 e. The number of fused-ring (bicyclic) bond motifs is 1. The topological polar surface area (TPSA) is 95.6 Å². The first-order chi connectivity index (χ1) is 15.6. The first kappa shape index (κ1) is 19.6. The zero-order valence-electron chi connectivity index (χ0n) is 17.4. The second-order valence-electron chi connectivity index (χ2n) is 7.52. The lowest BCUT2D eigenvalue weighted by Gasteiger charge is -2.06. The van der Waals surface area contributed by atoms with Crippen LogP contribution in [0, 0.1) is 0 Å². The number of hydrogen-bond acceptors (Lipinski definition) is 3. The highest BCUT2D eigenvalue weighted by molar-refractivity contribution is 6.08. The number of carbonyl (C=O) groups excluding carboxylic acids is 1. The summed E-state index contributed by atoms with van der Waals surface area (Å²) in [4.78, 5) is 30.2. The molecular formula is C25H21N5O2. The summed E-state index contributed by atoms with van der Waals surface area (Å²) < 4.78 is 1.71. The third-order valence-corrected chi connectivity index (χ3v) is 5.39. The van der Waals surface area contributed by atoms with Crippen molar-refractivity contribution in [2.24, 2.45) is 0 Å². The molecule has 0 aliphatic heterocycles. The number of imidazole rings is 1. The average molecular weight is 423 g/mol. The number of para-hydroxylation sites is 1. The molecule has 2 aromatic heterocycles. The van der Waals surface area contributed by atoms with Gasteiger partial charge in [0.1, 0.15) is 5.69 Å². The van der Waals surface area contributed by atoms with Gasteiger partial charge in [0.25, 0.3) is 5.91 Å². The van der Waals surface area contributed by atoms with Crippen LogP contribution in [0.3, 0.4) is 0 Å². The van der Waals surface area contributed by atoms with Crippen LogP contribution in [0.5, 0.6) is 0 Å². The van der Waals surface area contributed by atoms with Gasteiger partial charge in [0.05, 0.1) is 22.3 Å². The Morgan fingerprint density at radius 2 is 1.72 bits per heavy atom. The summed E-state index contributed by atoms with van der Waals surface area (Å²) in [5.74, 6) is -0.279. The molecule has 0 aliphatic carbocycles. The fraction of sp³-hybridized carbons (Fsp3) is 0.0800. The van der Waals surface area contributed by atoms with Crippen molar-refractivity contribution in [1.82, 2.24) is 19.7 Å². The molecule has 32 heavy (non-hydrogen) atoms. The molecule has 7 heteroatoms. The summed E-state index contributed by atoms with van der Waals surface area (Å²) in [5, 5.41) is 7.65. The van der Waals surface area contributed by atoms with E-state index in [1.54, 1.807) is 29.1 Å². The fourth-order valence-electron chi connectivity index (χ4n) is 3.67. The number of amides is 1. The molecule has 0 aliphatic rings. The summed E-state index contributed by atoms with van der Waals surface area (Å²) in [6, 6.07) is 23.0. The van der Waals surface area contributed by atoms with Crippen molar-refractivity contribution in [2.75, 3.05) is 5.32 Å². The van der Waals surface area contributed by atoms with E-state index in [-0.39, 0.29) is 11.6 Å². The number of aromatic amines is 2. The van der Waals surface area contributed by atoms with Crippen molar-refractivity contribution in [3.63, 3.8) is 0 Å². The molecule has 7 nitrogen and oxygen atoms in total. The molecule has 0 saturated carbocycles. The van der Waals surface area contributed by atoms with Gasteiger partial charge in [-0.1, -0.05) is 49.4 Å². The predicted octanol–water partition coefficient (Wildman–Crippen LogP) is 4.52. The van der Waals surface area contributed by atoms with Crippen LogP contribution in [0.2, 0.25) is 0 Å². The van der Waals surface area contributed by atoms with Crippen LogP contribution in [0.1, 0.15) is 22.8 Å². The highest BCUT2D eigenvalue weighted by atomic mass is 16.2. The number of nitrogens with zero attached hydrogens (tertiary/aromatic N) is 2. The second kappa shape index (κ2) is 8.03. The molecule has 0 spiro atoms. The lowest BCUT2D eigenvalue weighted by Crippen LogP contribution is -2.12. The molecule has 2 heterocycles. The number of carbonyl (C=O) groups is 1. The summed E-state index contributed by atoms with van der Waals surface area (Å²) in [6.07, 6.45) is 2.68. The molecule has 0 radical (unpaired) electrons. The van der Waals surface area contributed by atoms with Gasteiger partial charge in [0.2, 0.25) is 0 Å². The van der Waals surface area contributed by atoms with Crippen molar-refractivity contribution < 1.29 is 4.79 Å². The van der Waals surface area contributed by atoms with Crippen LogP contribution < -0.4 is 11.0 Å². The number of H-pyrrole nitrogens is 2. The molecular weight excluding hydrogens is 402 g/mol. The van der Waals surface area contributed by atoms with E-state index < -0.39 is 0 Å². The molecule has 158 valence electrons. The molecule has 3 N–H and O–H groups in total. The van der Waals surface area contributed by atoms with Crippen LogP contribution in [0.4, 0.5) is 5.69 Å². The van der Waals surface area contributed by atoms with E-state index in [1.165, 1.54) is 5.56 Å². The number of aromatic nitrogens is 4. The Morgan fingerprint density at radius 3 is 2.47 bits per heavy atom. The van der Waals surface area contributed by atoms with Gasteiger partial charge < -0.3 is 15.3 Å². The molecule has 1 amide bonds. The highest BCUT2D eigenvalue weighted by Gasteiger charge is 2.19. The lowest BCUT2D eigenvalue weighted by molar-refractivity contribution is 0.102. The normalized spacial score (nSPS) is 11.0. The van der Waals surface area contributed by atoms with E-state index >= 15 is 0 Å². The molecule has 5 aromatic rings. The van der Waals surface area contributed by atoms with Gasteiger partial charge >= 0.3 is 5.69 Å². The predicted molar refractivity (Wildman–Crippen MR) is 125 cm³/mol. The van der Waals surface area contributed by atoms with Crippen molar-refractivity contribution in [3.8, 4) is 16.9 Å². The third kappa shape index (κ3) is 3.72. The van der Waals surface area contributed by atoms with Crippen molar-refractivity contribution >= 4 is 22.6 Å². The molecule has 3 aromatic carbocycles. The molecule has 5 rings (SSSR count). The van der Waals surface area contributed by atoms with Crippen molar-refractivity contribution in [1.29, 1.82) is 0 Å². The smallest absolute Gasteiger partial charge is 0.322 e. The van der Waals surface area contributed by atoms with E-state index in [4.69, 9.17) is 5.10 Å². The SMILES string of the molecule is CCc1ccc(-c2nn(-c3ccccc3)cc2C(=O)Nc2ccc3[nH]c(=O)[nH]c3c2)cc1. The Balaban J connectivity index is 1.54. The van der Waals surface area contributed by atoms with Crippen LogP contribution >= 0.6 is 0 Å². The number of nitrogens with one attached hydrogen (secondary N) is 3.